The Kier molecular flexibility index (Phi) is 10.2. The molecule has 0 unspecified atom stereocenters. The molecular formula is C19H30IN5. The quantitative estimate of drug-likeness (QED) is 0.205. The first kappa shape index (κ1) is 21.5. The van der Waals surface area contributed by atoms with E-state index >= 15 is 0 Å². The lowest BCUT2D eigenvalue weighted by Gasteiger charge is -2.21. The summed E-state index contributed by atoms with van der Waals surface area (Å²) in [5, 5.41) is 3.36. The van der Waals surface area contributed by atoms with Crippen LogP contribution in [-0.4, -0.2) is 47.1 Å². The Balaban J connectivity index is 0.00000312. The Morgan fingerprint density at radius 3 is 2.92 bits per heavy atom. The van der Waals surface area contributed by atoms with Crippen molar-refractivity contribution >= 4 is 41.0 Å². The zero-order valence-corrected chi connectivity index (χ0v) is 17.6. The average Bonchev–Trinajstić information content (AvgIpc) is 3.01. The van der Waals surface area contributed by atoms with E-state index in [2.05, 4.69) is 52.5 Å². The summed E-state index contributed by atoms with van der Waals surface area (Å²) in [6.07, 6.45) is 7.02. The lowest BCUT2D eigenvalue weighted by Crippen LogP contribution is -2.39. The number of allylic oxidation sites excluding steroid dienone is 1. The molecule has 0 atom stereocenters. The van der Waals surface area contributed by atoms with Crippen LogP contribution in [0.1, 0.15) is 26.2 Å². The van der Waals surface area contributed by atoms with Gasteiger partial charge in [0.25, 0.3) is 0 Å². The monoisotopic (exact) mass is 455 g/mol. The maximum atomic E-state index is 4.74. The minimum atomic E-state index is 0. The highest BCUT2D eigenvalue weighted by Crippen LogP contribution is 2.12. The van der Waals surface area contributed by atoms with Crippen LogP contribution in [0.5, 0.6) is 0 Å². The molecule has 0 amide bonds. The van der Waals surface area contributed by atoms with Crippen molar-refractivity contribution in [3.63, 3.8) is 0 Å². The van der Waals surface area contributed by atoms with Crippen molar-refractivity contribution in [2.45, 2.75) is 32.7 Å². The van der Waals surface area contributed by atoms with Crippen molar-refractivity contribution in [2.75, 3.05) is 26.7 Å². The smallest absolute Gasteiger partial charge is 0.193 e. The molecule has 25 heavy (non-hydrogen) atoms. The summed E-state index contributed by atoms with van der Waals surface area (Å²) in [4.78, 5) is 11.4. The van der Waals surface area contributed by atoms with E-state index in [-0.39, 0.29) is 24.0 Å². The van der Waals surface area contributed by atoms with Gasteiger partial charge in [0.15, 0.2) is 5.96 Å². The summed E-state index contributed by atoms with van der Waals surface area (Å²) in [5.41, 5.74) is 2.24. The first-order chi connectivity index (χ1) is 11.8. The maximum absolute atomic E-state index is 4.74. The van der Waals surface area contributed by atoms with E-state index in [1.54, 1.807) is 0 Å². The second kappa shape index (κ2) is 11.9. The number of guanidine groups is 1. The molecule has 0 bridgehead atoms. The van der Waals surface area contributed by atoms with Gasteiger partial charge in [-0.3, -0.25) is 4.99 Å². The number of para-hydroxylation sites is 2. The molecule has 0 spiro atoms. The van der Waals surface area contributed by atoms with E-state index in [4.69, 9.17) is 4.99 Å². The molecule has 2 aromatic rings. The Labute approximate surface area is 168 Å². The van der Waals surface area contributed by atoms with Gasteiger partial charge in [-0.2, -0.15) is 0 Å². The minimum Gasteiger partial charge on any atom is -0.357 e. The van der Waals surface area contributed by atoms with Crippen LogP contribution in [0.3, 0.4) is 0 Å². The highest BCUT2D eigenvalue weighted by atomic mass is 127. The van der Waals surface area contributed by atoms with E-state index in [9.17, 15) is 0 Å². The molecule has 1 heterocycles. The van der Waals surface area contributed by atoms with Gasteiger partial charge in [0.1, 0.15) is 0 Å². The molecule has 0 saturated heterocycles. The zero-order chi connectivity index (χ0) is 17.2. The van der Waals surface area contributed by atoms with Crippen molar-refractivity contribution < 1.29 is 0 Å². The number of rotatable bonds is 9. The number of aryl methyl sites for hydroxylation is 1. The van der Waals surface area contributed by atoms with Crippen LogP contribution in [0.25, 0.3) is 11.0 Å². The lowest BCUT2D eigenvalue weighted by atomic mass is 10.3. The number of unbranched alkanes of at least 4 members (excludes halogenated alkanes) is 1. The summed E-state index contributed by atoms with van der Waals surface area (Å²) in [5.74, 6) is 0.983. The highest BCUT2D eigenvalue weighted by Gasteiger charge is 2.05. The predicted molar refractivity (Wildman–Crippen MR) is 118 cm³/mol. The van der Waals surface area contributed by atoms with Crippen molar-refractivity contribution in [3.8, 4) is 0 Å². The molecule has 1 aromatic carbocycles. The number of hydrogen-bond donors (Lipinski definition) is 1. The highest BCUT2D eigenvalue weighted by molar-refractivity contribution is 14.0. The Bertz CT molecular complexity index is 665. The molecule has 0 radical (unpaired) electrons. The fourth-order valence-corrected chi connectivity index (χ4v) is 2.66. The van der Waals surface area contributed by atoms with Crippen LogP contribution < -0.4 is 5.32 Å². The summed E-state index contributed by atoms with van der Waals surface area (Å²) < 4.78 is 2.20. The Morgan fingerprint density at radius 1 is 1.36 bits per heavy atom. The number of fused-ring (bicyclic) bond motifs is 1. The van der Waals surface area contributed by atoms with Gasteiger partial charge in [0, 0.05) is 33.2 Å². The van der Waals surface area contributed by atoms with Crippen molar-refractivity contribution in [1.82, 2.24) is 19.8 Å². The predicted octanol–water partition coefficient (Wildman–Crippen LogP) is 3.91. The Morgan fingerprint density at radius 2 is 2.16 bits per heavy atom. The zero-order valence-electron chi connectivity index (χ0n) is 15.3. The number of nitrogens with one attached hydrogen (secondary N) is 1. The molecule has 0 fully saturated rings. The number of aliphatic imine (C=N–C) groups is 1. The van der Waals surface area contributed by atoms with Crippen LogP contribution in [0, 0.1) is 0 Å². The van der Waals surface area contributed by atoms with Crippen LogP contribution in [0.15, 0.2) is 48.2 Å². The SMILES string of the molecule is C=CCCCN(C)C(=NCCCn1cnc2ccccc21)NCC.I. The van der Waals surface area contributed by atoms with Gasteiger partial charge in [-0.15, -0.1) is 30.6 Å². The molecule has 6 heteroatoms. The topological polar surface area (TPSA) is 45.5 Å². The third-order valence-electron chi connectivity index (χ3n) is 3.94. The van der Waals surface area contributed by atoms with Crippen molar-refractivity contribution in [3.05, 3.63) is 43.2 Å². The van der Waals surface area contributed by atoms with Crippen LogP contribution in [-0.2, 0) is 6.54 Å². The van der Waals surface area contributed by atoms with Crippen LogP contribution >= 0.6 is 24.0 Å². The number of hydrogen-bond acceptors (Lipinski definition) is 2. The number of halogens is 1. The van der Waals surface area contributed by atoms with E-state index in [1.807, 2.05) is 24.5 Å². The second-order valence-electron chi connectivity index (χ2n) is 5.87. The minimum absolute atomic E-state index is 0. The van der Waals surface area contributed by atoms with Gasteiger partial charge >= 0.3 is 0 Å². The first-order valence-corrected chi connectivity index (χ1v) is 8.76. The van der Waals surface area contributed by atoms with Gasteiger partial charge in [0.2, 0.25) is 0 Å². The summed E-state index contributed by atoms with van der Waals surface area (Å²) >= 11 is 0. The molecular weight excluding hydrogens is 425 g/mol. The maximum Gasteiger partial charge on any atom is 0.193 e. The van der Waals surface area contributed by atoms with E-state index in [1.165, 1.54) is 5.52 Å². The van der Waals surface area contributed by atoms with E-state index in [0.29, 0.717) is 0 Å². The number of benzene rings is 1. The summed E-state index contributed by atoms with van der Waals surface area (Å²) in [7, 11) is 2.09. The van der Waals surface area contributed by atoms with Crippen LogP contribution in [0.2, 0.25) is 0 Å². The fraction of sp³-hybridized carbons (Fsp3) is 0.474. The normalized spacial score (nSPS) is 11.2. The average molecular weight is 455 g/mol. The molecule has 2 rings (SSSR count). The number of imidazole rings is 1. The number of nitrogens with zero attached hydrogens (tertiary/aromatic N) is 4. The molecule has 138 valence electrons. The van der Waals surface area contributed by atoms with Gasteiger partial charge in [-0.25, -0.2) is 4.98 Å². The Hall–Kier alpha value is -1.57. The third-order valence-corrected chi connectivity index (χ3v) is 3.94. The molecule has 1 aromatic heterocycles. The standard InChI is InChI=1S/C19H29N5.HI/c1-4-6-9-14-23(3)19(20-5-2)21-13-10-15-24-16-22-17-11-7-8-12-18(17)24;/h4,7-8,11-12,16H,1,5-6,9-10,13-15H2,2-3H3,(H,20,21);1H. The first-order valence-electron chi connectivity index (χ1n) is 8.76. The molecule has 0 aliphatic heterocycles. The third kappa shape index (κ3) is 6.68. The van der Waals surface area contributed by atoms with Crippen molar-refractivity contribution in [1.29, 1.82) is 0 Å². The van der Waals surface area contributed by atoms with E-state index in [0.717, 1.165) is 56.9 Å². The molecule has 0 saturated carbocycles. The molecule has 0 aliphatic carbocycles. The van der Waals surface area contributed by atoms with Gasteiger partial charge in [-0.05, 0) is 38.3 Å². The van der Waals surface area contributed by atoms with Gasteiger partial charge in [-0.1, -0.05) is 18.2 Å². The summed E-state index contributed by atoms with van der Waals surface area (Å²) in [6.45, 7) is 9.49. The largest absolute Gasteiger partial charge is 0.357 e. The van der Waals surface area contributed by atoms with Crippen LogP contribution in [0.4, 0.5) is 0 Å². The fourth-order valence-electron chi connectivity index (χ4n) is 2.66. The van der Waals surface area contributed by atoms with E-state index < -0.39 is 0 Å². The van der Waals surface area contributed by atoms with Gasteiger partial charge in [0.05, 0.1) is 17.4 Å². The second-order valence-corrected chi connectivity index (χ2v) is 5.87. The number of aromatic nitrogens is 2. The molecule has 5 nitrogen and oxygen atoms in total. The lowest BCUT2D eigenvalue weighted by molar-refractivity contribution is 0.469. The molecule has 1 N–H and O–H groups in total. The van der Waals surface area contributed by atoms with Gasteiger partial charge < -0.3 is 14.8 Å². The van der Waals surface area contributed by atoms with Crippen molar-refractivity contribution in [2.24, 2.45) is 4.99 Å². The summed E-state index contributed by atoms with van der Waals surface area (Å²) in [6, 6.07) is 8.24. The molecule has 0 aliphatic rings.